The highest BCUT2D eigenvalue weighted by molar-refractivity contribution is 5.93. The lowest BCUT2D eigenvalue weighted by atomic mass is 10.1. The van der Waals surface area contributed by atoms with Gasteiger partial charge < -0.3 is 5.73 Å². The van der Waals surface area contributed by atoms with E-state index in [1.807, 2.05) is 0 Å². The molecule has 64 valence electrons. The van der Waals surface area contributed by atoms with E-state index < -0.39 is 5.91 Å². The van der Waals surface area contributed by atoms with E-state index in [-0.39, 0.29) is 11.4 Å². The minimum atomic E-state index is -0.600. The summed E-state index contributed by atoms with van der Waals surface area (Å²) in [5.74, 6) is -0.985. The van der Waals surface area contributed by atoms with Crippen molar-refractivity contribution in [1.82, 2.24) is 0 Å². The van der Waals surface area contributed by atoms with Crippen molar-refractivity contribution in [1.29, 1.82) is 0 Å². The van der Waals surface area contributed by atoms with Crippen LogP contribution in [0.15, 0.2) is 12.1 Å². The highest BCUT2D eigenvalue weighted by Crippen LogP contribution is 2.13. The average molecular weight is 167 g/mol. The lowest BCUT2D eigenvalue weighted by Crippen LogP contribution is -2.11. The number of halogens is 1. The fraction of sp³-hybridized carbons (Fsp3) is 0.222. The van der Waals surface area contributed by atoms with E-state index in [1.54, 1.807) is 19.9 Å². The molecule has 0 spiro atoms. The van der Waals surface area contributed by atoms with Gasteiger partial charge in [-0.15, -0.1) is 0 Å². The Bertz CT molecular complexity index is 310. The van der Waals surface area contributed by atoms with E-state index in [2.05, 4.69) is 0 Å². The molecule has 2 nitrogen and oxygen atoms in total. The van der Waals surface area contributed by atoms with Crippen LogP contribution in [0.25, 0.3) is 0 Å². The molecule has 1 aromatic carbocycles. The molecule has 0 unspecified atom stereocenters. The zero-order valence-corrected chi connectivity index (χ0v) is 7.02. The van der Waals surface area contributed by atoms with E-state index in [1.165, 1.54) is 0 Å². The number of aryl methyl sites for hydroxylation is 1. The van der Waals surface area contributed by atoms with Crippen LogP contribution in [0, 0.1) is 19.7 Å². The highest BCUT2D eigenvalue weighted by atomic mass is 19.1. The van der Waals surface area contributed by atoms with Gasteiger partial charge in [0.05, 0.1) is 0 Å². The molecule has 12 heavy (non-hydrogen) atoms. The van der Waals surface area contributed by atoms with Crippen LogP contribution >= 0.6 is 0 Å². The molecule has 0 aliphatic heterocycles. The Morgan fingerprint density at radius 2 is 2.00 bits per heavy atom. The topological polar surface area (TPSA) is 43.1 Å². The maximum absolute atomic E-state index is 13.0. The molecule has 0 saturated heterocycles. The Labute approximate surface area is 70.2 Å². The molecule has 1 rings (SSSR count). The molecular formula is C9H10FNO. The van der Waals surface area contributed by atoms with Crippen LogP contribution in [0.5, 0.6) is 0 Å². The second-order valence-corrected chi connectivity index (χ2v) is 2.76. The molecule has 0 aromatic heterocycles. The zero-order valence-electron chi connectivity index (χ0n) is 7.02. The molecule has 0 atom stereocenters. The van der Waals surface area contributed by atoms with Gasteiger partial charge >= 0.3 is 0 Å². The van der Waals surface area contributed by atoms with Gasteiger partial charge in [0.1, 0.15) is 5.82 Å². The van der Waals surface area contributed by atoms with Crippen molar-refractivity contribution in [3.8, 4) is 0 Å². The Kier molecular flexibility index (Phi) is 2.13. The predicted molar refractivity (Wildman–Crippen MR) is 44.4 cm³/mol. The molecule has 0 radical (unpaired) electrons. The predicted octanol–water partition coefficient (Wildman–Crippen LogP) is 1.54. The number of benzene rings is 1. The summed E-state index contributed by atoms with van der Waals surface area (Å²) < 4.78 is 13.0. The molecule has 0 bridgehead atoms. The van der Waals surface area contributed by atoms with Crippen LogP contribution in [0.3, 0.4) is 0 Å². The molecule has 1 amide bonds. The largest absolute Gasteiger partial charge is 0.366 e. The molecular weight excluding hydrogens is 157 g/mol. The molecule has 2 N–H and O–H groups in total. The third kappa shape index (κ3) is 1.44. The van der Waals surface area contributed by atoms with Crippen LogP contribution in [0.4, 0.5) is 4.39 Å². The van der Waals surface area contributed by atoms with E-state index in [9.17, 15) is 9.18 Å². The van der Waals surface area contributed by atoms with Crippen LogP contribution < -0.4 is 5.73 Å². The summed E-state index contributed by atoms with van der Waals surface area (Å²) in [5.41, 5.74) is 6.51. The number of nitrogens with two attached hydrogens (primary N) is 1. The summed E-state index contributed by atoms with van der Waals surface area (Å²) in [6.45, 7) is 3.40. The third-order valence-electron chi connectivity index (χ3n) is 1.89. The fourth-order valence-electron chi connectivity index (χ4n) is 0.959. The van der Waals surface area contributed by atoms with Gasteiger partial charge in [0, 0.05) is 5.56 Å². The van der Waals surface area contributed by atoms with Crippen LogP contribution in [-0.2, 0) is 0 Å². The van der Waals surface area contributed by atoms with Crippen molar-refractivity contribution in [2.45, 2.75) is 13.8 Å². The number of carbonyl (C=O) groups is 1. The summed E-state index contributed by atoms with van der Waals surface area (Å²) in [6, 6.07) is 2.74. The van der Waals surface area contributed by atoms with E-state index >= 15 is 0 Å². The number of carbonyl (C=O) groups excluding carboxylic acids is 1. The highest BCUT2D eigenvalue weighted by Gasteiger charge is 2.06. The lowest BCUT2D eigenvalue weighted by Gasteiger charge is -2.03. The van der Waals surface area contributed by atoms with Crippen molar-refractivity contribution >= 4 is 5.91 Å². The molecule has 0 heterocycles. The first-order valence-electron chi connectivity index (χ1n) is 3.59. The maximum Gasteiger partial charge on any atom is 0.248 e. The lowest BCUT2D eigenvalue weighted by molar-refractivity contribution is 0.1000. The molecule has 0 saturated carbocycles. The molecule has 0 aliphatic rings. The molecule has 0 fully saturated rings. The summed E-state index contributed by atoms with van der Waals surface area (Å²) >= 11 is 0. The first-order chi connectivity index (χ1) is 5.52. The Morgan fingerprint density at radius 3 is 2.42 bits per heavy atom. The van der Waals surface area contributed by atoms with E-state index in [4.69, 9.17) is 5.73 Å². The second kappa shape index (κ2) is 2.93. The van der Waals surface area contributed by atoms with Crippen molar-refractivity contribution in [2.75, 3.05) is 0 Å². The molecule has 3 heteroatoms. The Hall–Kier alpha value is -1.38. The zero-order chi connectivity index (χ0) is 9.30. The molecule has 0 aliphatic carbocycles. The average Bonchev–Trinajstić information content (AvgIpc) is 1.99. The van der Waals surface area contributed by atoms with Gasteiger partial charge in [-0.25, -0.2) is 4.39 Å². The number of hydrogen-bond donors (Lipinski definition) is 1. The number of rotatable bonds is 1. The van der Waals surface area contributed by atoms with Gasteiger partial charge in [-0.2, -0.15) is 0 Å². The van der Waals surface area contributed by atoms with Crippen molar-refractivity contribution in [2.24, 2.45) is 5.73 Å². The summed E-state index contributed by atoms with van der Waals surface area (Å²) in [5, 5.41) is 0. The van der Waals surface area contributed by atoms with E-state index in [0.29, 0.717) is 5.56 Å². The van der Waals surface area contributed by atoms with Crippen LogP contribution in [-0.4, -0.2) is 5.91 Å². The smallest absolute Gasteiger partial charge is 0.248 e. The Morgan fingerprint density at radius 1 is 1.42 bits per heavy atom. The van der Waals surface area contributed by atoms with Crippen molar-refractivity contribution in [3.05, 3.63) is 34.6 Å². The quantitative estimate of drug-likeness (QED) is 0.677. The van der Waals surface area contributed by atoms with E-state index in [0.717, 1.165) is 11.6 Å². The van der Waals surface area contributed by atoms with Crippen molar-refractivity contribution < 1.29 is 9.18 Å². The van der Waals surface area contributed by atoms with Gasteiger partial charge in [0.2, 0.25) is 5.91 Å². The summed E-state index contributed by atoms with van der Waals surface area (Å²) in [4.78, 5) is 10.7. The van der Waals surface area contributed by atoms with Crippen LogP contribution in [0.1, 0.15) is 21.5 Å². The van der Waals surface area contributed by atoms with Crippen LogP contribution in [0.2, 0.25) is 0 Å². The maximum atomic E-state index is 13.0. The minimum Gasteiger partial charge on any atom is -0.366 e. The first-order valence-corrected chi connectivity index (χ1v) is 3.59. The summed E-state index contributed by atoms with van der Waals surface area (Å²) in [6.07, 6.45) is 0. The SMILES string of the molecule is Cc1cc(C(N)=O)cc(F)c1C. The normalized spacial score (nSPS) is 9.92. The van der Waals surface area contributed by atoms with Gasteiger partial charge in [-0.05, 0) is 37.1 Å². The van der Waals surface area contributed by atoms with Crippen molar-refractivity contribution in [3.63, 3.8) is 0 Å². The van der Waals surface area contributed by atoms with Gasteiger partial charge in [0.15, 0.2) is 0 Å². The third-order valence-corrected chi connectivity index (χ3v) is 1.89. The second-order valence-electron chi connectivity index (χ2n) is 2.76. The van der Waals surface area contributed by atoms with Gasteiger partial charge in [0.25, 0.3) is 0 Å². The first kappa shape index (κ1) is 8.71. The number of amides is 1. The fourth-order valence-corrected chi connectivity index (χ4v) is 0.959. The summed E-state index contributed by atoms with van der Waals surface area (Å²) in [7, 11) is 0. The molecule has 1 aromatic rings. The monoisotopic (exact) mass is 167 g/mol. The van der Waals surface area contributed by atoms with Gasteiger partial charge in [-0.1, -0.05) is 0 Å². The standard InChI is InChI=1S/C9H10FNO/c1-5-3-7(9(11)12)4-8(10)6(5)2/h3-4H,1-2H3,(H2,11,12). The van der Waals surface area contributed by atoms with Gasteiger partial charge in [-0.3, -0.25) is 4.79 Å². The minimum absolute atomic E-state index is 0.218. The number of hydrogen-bond acceptors (Lipinski definition) is 1. The Balaban J connectivity index is 3.31. The number of primary amides is 1.